The highest BCUT2D eigenvalue weighted by atomic mass is 32.2. The van der Waals surface area contributed by atoms with E-state index >= 15 is 0 Å². The van der Waals surface area contributed by atoms with Gasteiger partial charge in [-0.3, -0.25) is 0 Å². The molecule has 0 spiro atoms. The predicted molar refractivity (Wildman–Crippen MR) is 79.7 cm³/mol. The van der Waals surface area contributed by atoms with E-state index in [0.717, 1.165) is 25.7 Å². The summed E-state index contributed by atoms with van der Waals surface area (Å²) < 4.78 is 23.5. The van der Waals surface area contributed by atoms with Crippen molar-refractivity contribution in [3.05, 3.63) is 0 Å². The van der Waals surface area contributed by atoms with E-state index in [1.807, 2.05) is 0 Å². The van der Waals surface area contributed by atoms with Crippen molar-refractivity contribution in [3.63, 3.8) is 0 Å². The second-order valence-corrected chi connectivity index (χ2v) is 9.77. The van der Waals surface area contributed by atoms with Crippen LogP contribution in [0.1, 0.15) is 58.8 Å². The Kier molecular flexibility index (Phi) is 4.32. The summed E-state index contributed by atoms with van der Waals surface area (Å²) in [4.78, 5) is 0. The zero-order valence-corrected chi connectivity index (χ0v) is 13.4. The van der Waals surface area contributed by atoms with Crippen LogP contribution in [0.25, 0.3) is 0 Å². The summed E-state index contributed by atoms with van der Waals surface area (Å²) in [5.74, 6) is 0.965. The summed E-state index contributed by atoms with van der Waals surface area (Å²) >= 11 is 0. The fraction of sp³-hybridized carbons (Fsp3) is 1.00. The van der Waals surface area contributed by atoms with Crippen molar-refractivity contribution in [3.8, 4) is 0 Å². The van der Waals surface area contributed by atoms with E-state index in [4.69, 9.17) is 5.73 Å². The molecule has 0 aromatic heterocycles. The number of rotatable bonds is 3. The zero-order valence-electron chi connectivity index (χ0n) is 12.6. The van der Waals surface area contributed by atoms with Crippen molar-refractivity contribution in [2.45, 2.75) is 70.1 Å². The van der Waals surface area contributed by atoms with Crippen molar-refractivity contribution in [1.29, 1.82) is 0 Å². The molecule has 0 aromatic rings. The first-order chi connectivity index (χ1) is 8.72. The van der Waals surface area contributed by atoms with Crippen LogP contribution in [0.5, 0.6) is 0 Å². The molecule has 19 heavy (non-hydrogen) atoms. The molecule has 112 valence electrons. The van der Waals surface area contributed by atoms with Crippen LogP contribution in [-0.2, 0) is 9.84 Å². The molecule has 0 saturated heterocycles. The van der Waals surface area contributed by atoms with E-state index in [1.165, 1.54) is 25.5 Å². The molecule has 3 nitrogen and oxygen atoms in total. The molecule has 2 saturated carbocycles. The van der Waals surface area contributed by atoms with Crippen LogP contribution >= 0.6 is 0 Å². The van der Waals surface area contributed by atoms with Gasteiger partial charge in [-0.2, -0.15) is 0 Å². The molecular formula is C15H29NO2S. The van der Waals surface area contributed by atoms with Gasteiger partial charge in [-0.25, -0.2) is 8.42 Å². The topological polar surface area (TPSA) is 60.2 Å². The third kappa shape index (κ3) is 3.33. The van der Waals surface area contributed by atoms with E-state index in [0.29, 0.717) is 17.3 Å². The highest BCUT2D eigenvalue weighted by molar-refractivity contribution is 7.91. The van der Waals surface area contributed by atoms with Gasteiger partial charge in [-0.05, 0) is 49.4 Å². The van der Waals surface area contributed by atoms with E-state index in [1.54, 1.807) is 0 Å². The highest BCUT2D eigenvalue weighted by Gasteiger charge is 2.42. The number of hydrogen-bond acceptors (Lipinski definition) is 3. The van der Waals surface area contributed by atoms with Crippen LogP contribution < -0.4 is 5.73 Å². The Bertz CT molecular complexity index is 416. The summed E-state index contributed by atoms with van der Waals surface area (Å²) in [7, 11) is -2.90. The Labute approximate surface area is 118 Å². The SMILES string of the molecule is CC1(C)CCCC1C(N)C1CCCC(S(C)(=O)=O)C1. The summed E-state index contributed by atoms with van der Waals surface area (Å²) in [5, 5.41) is -0.151. The fourth-order valence-electron chi connectivity index (χ4n) is 4.32. The molecule has 2 rings (SSSR count). The molecule has 0 aliphatic heterocycles. The quantitative estimate of drug-likeness (QED) is 0.868. The Morgan fingerprint density at radius 3 is 2.37 bits per heavy atom. The maximum Gasteiger partial charge on any atom is 0.150 e. The Morgan fingerprint density at radius 2 is 1.84 bits per heavy atom. The van der Waals surface area contributed by atoms with Gasteiger partial charge >= 0.3 is 0 Å². The van der Waals surface area contributed by atoms with Crippen molar-refractivity contribution in [2.24, 2.45) is 23.0 Å². The smallest absolute Gasteiger partial charge is 0.150 e. The van der Waals surface area contributed by atoms with E-state index in [2.05, 4.69) is 13.8 Å². The summed E-state index contributed by atoms with van der Waals surface area (Å²) in [6.07, 6.45) is 8.87. The largest absolute Gasteiger partial charge is 0.327 e. The third-order valence-corrected chi connectivity index (χ3v) is 7.26. The molecule has 2 N–H and O–H groups in total. The van der Waals surface area contributed by atoms with Gasteiger partial charge in [0.1, 0.15) is 9.84 Å². The van der Waals surface area contributed by atoms with Gasteiger partial charge in [0.15, 0.2) is 0 Å². The Hall–Kier alpha value is -0.0900. The van der Waals surface area contributed by atoms with Crippen molar-refractivity contribution < 1.29 is 8.42 Å². The standard InChI is InChI=1S/C15H29NO2S/c1-15(2)9-5-8-13(15)14(16)11-6-4-7-12(10-11)19(3,17)18/h11-14H,4-10,16H2,1-3H3. The van der Waals surface area contributed by atoms with Crippen molar-refractivity contribution >= 4 is 9.84 Å². The van der Waals surface area contributed by atoms with Crippen LogP contribution in [0.2, 0.25) is 0 Å². The van der Waals surface area contributed by atoms with Crippen LogP contribution in [0.3, 0.4) is 0 Å². The van der Waals surface area contributed by atoms with Gasteiger partial charge in [0.2, 0.25) is 0 Å². The lowest BCUT2D eigenvalue weighted by Gasteiger charge is -2.39. The molecule has 0 radical (unpaired) electrons. The molecule has 2 fully saturated rings. The highest BCUT2D eigenvalue weighted by Crippen LogP contribution is 2.47. The predicted octanol–water partition coefficient (Wildman–Crippen LogP) is 2.74. The first-order valence-electron chi connectivity index (χ1n) is 7.66. The molecule has 2 aliphatic rings. The van der Waals surface area contributed by atoms with Crippen LogP contribution in [0.4, 0.5) is 0 Å². The van der Waals surface area contributed by atoms with E-state index < -0.39 is 9.84 Å². The van der Waals surface area contributed by atoms with Crippen molar-refractivity contribution in [1.82, 2.24) is 0 Å². The first-order valence-corrected chi connectivity index (χ1v) is 9.62. The minimum absolute atomic E-state index is 0.151. The third-order valence-electron chi connectivity index (χ3n) is 5.62. The number of hydrogen-bond donors (Lipinski definition) is 1. The Balaban J connectivity index is 2.05. The number of nitrogens with two attached hydrogens (primary N) is 1. The minimum atomic E-state index is -2.90. The van der Waals surface area contributed by atoms with Crippen molar-refractivity contribution in [2.75, 3.05) is 6.26 Å². The van der Waals surface area contributed by atoms with Gasteiger partial charge < -0.3 is 5.73 Å². The van der Waals surface area contributed by atoms with Gasteiger partial charge in [0.05, 0.1) is 5.25 Å². The molecule has 0 heterocycles. The Morgan fingerprint density at radius 1 is 1.16 bits per heavy atom. The first kappa shape index (κ1) is 15.3. The molecule has 0 amide bonds. The van der Waals surface area contributed by atoms with E-state index in [9.17, 15) is 8.42 Å². The molecule has 0 aromatic carbocycles. The fourth-order valence-corrected chi connectivity index (χ4v) is 5.51. The second kappa shape index (κ2) is 5.36. The molecule has 0 bridgehead atoms. The maximum absolute atomic E-state index is 11.8. The van der Waals surface area contributed by atoms with Crippen LogP contribution in [0, 0.1) is 17.3 Å². The summed E-state index contributed by atoms with van der Waals surface area (Å²) in [6, 6.07) is 0.182. The zero-order chi connectivity index (χ0) is 14.3. The molecule has 4 unspecified atom stereocenters. The lowest BCUT2D eigenvalue weighted by atomic mass is 9.70. The van der Waals surface area contributed by atoms with Crippen LogP contribution in [-0.4, -0.2) is 26.0 Å². The molecular weight excluding hydrogens is 258 g/mol. The average Bonchev–Trinajstić information content (AvgIpc) is 2.67. The molecule has 2 aliphatic carbocycles. The molecule has 4 heteroatoms. The normalized spacial score (nSPS) is 37.2. The van der Waals surface area contributed by atoms with Crippen LogP contribution in [0.15, 0.2) is 0 Å². The molecule has 4 atom stereocenters. The monoisotopic (exact) mass is 287 g/mol. The summed E-state index contributed by atoms with van der Waals surface area (Å²) in [5.41, 5.74) is 6.87. The van der Waals surface area contributed by atoms with Gasteiger partial charge in [-0.1, -0.05) is 26.7 Å². The van der Waals surface area contributed by atoms with Gasteiger partial charge in [-0.15, -0.1) is 0 Å². The minimum Gasteiger partial charge on any atom is -0.327 e. The van der Waals surface area contributed by atoms with Gasteiger partial charge in [0, 0.05) is 12.3 Å². The van der Waals surface area contributed by atoms with Gasteiger partial charge in [0.25, 0.3) is 0 Å². The second-order valence-electron chi connectivity index (χ2n) is 7.44. The maximum atomic E-state index is 11.8. The number of sulfone groups is 1. The summed E-state index contributed by atoms with van der Waals surface area (Å²) in [6.45, 7) is 4.64. The lowest BCUT2D eigenvalue weighted by Crippen LogP contribution is -2.45. The lowest BCUT2D eigenvalue weighted by molar-refractivity contribution is 0.158. The average molecular weight is 287 g/mol. The van der Waals surface area contributed by atoms with E-state index in [-0.39, 0.29) is 11.3 Å².